The molecule has 0 aromatic rings. The fourth-order valence-electron chi connectivity index (χ4n) is 1.86. The number of ether oxygens (including phenoxy) is 3. The lowest BCUT2D eigenvalue weighted by Crippen LogP contribution is -2.57. The highest BCUT2D eigenvalue weighted by Crippen LogP contribution is 2.23. The predicted molar refractivity (Wildman–Crippen MR) is 60.7 cm³/mol. The monoisotopic (exact) mass is 247 g/mol. The van der Waals surface area contributed by atoms with Crippen LogP contribution >= 0.6 is 0 Å². The largest absolute Gasteiger partial charge is 0.394 e. The second kappa shape index (κ2) is 6.90. The molecular formula is C11H21NO5. The van der Waals surface area contributed by atoms with E-state index < -0.39 is 11.6 Å². The van der Waals surface area contributed by atoms with Gasteiger partial charge in [0.1, 0.15) is 0 Å². The Morgan fingerprint density at radius 2 is 2.35 bits per heavy atom. The summed E-state index contributed by atoms with van der Waals surface area (Å²) in [5.41, 5.74) is -0.931. The third-order valence-corrected chi connectivity index (χ3v) is 2.93. The minimum atomic E-state index is -0.931. The smallest absolute Gasteiger partial charge is 0.255 e. The second-order valence-electron chi connectivity index (χ2n) is 4.16. The Hall–Kier alpha value is -0.690. The van der Waals surface area contributed by atoms with Crippen molar-refractivity contribution in [2.75, 3.05) is 40.6 Å². The van der Waals surface area contributed by atoms with E-state index in [1.165, 1.54) is 14.2 Å². The van der Waals surface area contributed by atoms with Gasteiger partial charge < -0.3 is 24.6 Å². The van der Waals surface area contributed by atoms with Crippen LogP contribution in [0.1, 0.15) is 12.8 Å². The van der Waals surface area contributed by atoms with Gasteiger partial charge in [0.25, 0.3) is 5.91 Å². The maximum absolute atomic E-state index is 12.1. The van der Waals surface area contributed by atoms with Crippen molar-refractivity contribution in [1.29, 1.82) is 0 Å². The van der Waals surface area contributed by atoms with E-state index in [1.54, 1.807) is 0 Å². The molecule has 17 heavy (non-hydrogen) atoms. The molecule has 1 rings (SSSR count). The van der Waals surface area contributed by atoms with Crippen molar-refractivity contribution in [3.8, 4) is 0 Å². The summed E-state index contributed by atoms with van der Waals surface area (Å²) in [6.07, 6.45) is 1.41. The van der Waals surface area contributed by atoms with E-state index in [-0.39, 0.29) is 25.7 Å². The summed E-state index contributed by atoms with van der Waals surface area (Å²) in [4.78, 5) is 12.1. The van der Waals surface area contributed by atoms with E-state index in [1.807, 2.05) is 0 Å². The van der Waals surface area contributed by atoms with Crippen LogP contribution in [0.5, 0.6) is 0 Å². The molecule has 2 N–H and O–H groups in total. The van der Waals surface area contributed by atoms with Crippen LogP contribution < -0.4 is 5.32 Å². The molecule has 1 heterocycles. The molecule has 0 radical (unpaired) electrons. The van der Waals surface area contributed by atoms with Gasteiger partial charge in [-0.1, -0.05) is 0 Å². The van der Waals surface area contributed by atoms with Gasteiger partial charge in [-0.25, -0.2) is 0 Å². The number of carbonyl (C=O) groups is 1. The summed E-state index contributed by atoms with van der Waals surface area (Å²) in [7, 11) is 3.02. The van der Waals surface area contributed by atoms with E-state index in [0.717, 1.165) is 6.42 Å². The van der Waals surface area contributed by atoms with Crippen LogP contribution in [0.25, 0.3) is 0 Å². The number of hydrogen-bond acceptors (Lipinski definition) is 5. The Morgan fingerprint density at radius 1 is 1.59 bits per heavy atom. The van der Waals surface area contributed by atoms with Gasteiger partial charge in [0.2, 0.25) is 0 Å². The normalized spacial score (nSPS) is 26.5. The van der Waals surface area contributed by atoms with Crippen LogP contribution in [0.15, 0.2) is 0 Å². The molecule has 2 unspecified atom stereocenters. The number of nitrogens with one attached hydrogen (secondary N) is 1. The first kappa shape index (κ1) is 14.4. The van der Waals surface area contributed by atoms with Crippen LogP contribution in [-0.4, -0.2) is 63.3 Å². The molecule has 0 saturated carbocycles. The van der Waals surface area contributed by atoms with Crippen molar-refractivity contribution < 1.29 is 24.1 Å². The fraction of sp³-hybridized carbons (Fsp3) is 0.909. The van der Waals surface area contributed by atoms with Crippen molar-refractivity contribution in [2.24, 2.45) is 0 Å². The van der Waals surface area contributed by atoms with E-state index in [9.17, 15) is 4.79 Å². The van der Waals surface area contributed by atoms with Crippen molar-refractivity contribution in [2.45, 2.75) is 24.5 Å². The zero-order chi connectivity index (χ0) is 12.7. The number of amides is 1. The van der Waals surface area contributed by atoms with Crippen LogP contribution in [0.2, 0.25) is 0 Å². The van der Waals surface area contributed by atoms with Gasteiger partial charge in [0.05, 0.1) is 25.9 Å². The third-order valence-electron chi connectivity index (χ3n) is 2.93. The zero-order valence-electron chi connectivity index (χ0n) is 10.4. The Labute approximate surface area is 101 Å². The molecule has 6 heteroatoms. The number of methoxy groups -OCH3 is 2. The first-order chi connectivity index (χ1) is 8.18. The van der Waals surface area contributed by atoms with Gasteiger partial charge >= 0.3 is 0 Å². The quantitative estimate of drug-likeness (QED) is 0.649. The maximum Gasteiger partial charge on any atom is 0.255 e. The lowest BCUT2D eigenvalue weighted by atomic mass is 9.95. The van der Waals surface area contributed by atoms with Crippen molar-refractivity contribution in [3.05, 3.63) is 0 Å². The van der Waals surface area contributed by atoms with Gasteiger partial charge in [-0.3, -0.25) is 4.79 Å². The first-order valence-electron chi connectivity index (χ1n) is 5.72. The molecule has 1 fully saturated rings. The molecule has 1 amide bonds. The van der Waals surface area contributed by atoms with E-state index in [4.69, 9.17) is 19.3 Å². The highest BCUT2D eigenvalue weighted by atomic mass is 16.5. The topological polar surface area (TPSA) is 77.0 Å². The number of hydrogen-bond donors (Lipinski definition) is 2. The number of aliphatic hydroxyl groups excluding tert-OH is 1. The highest BCUT2D eigenvalue weighted by Gasteiger charge is 2.41. The lowest BCUT2D eigenvalue weighted by molar-refractivity contribution is -0.161. The number of carbonyl (C=O) groups excluding carboxylic acids is 1. The van der Waals surface area contributed by atoms with Gasteiger partial charge in [-0.2, -0.15) is 0 Å². The Morgan fingerprint density at radius 3 is 2.82 bits per heavy atom. The minimum Gasteiger partial charge on any atom is -0.394 e. The third kappa shape index (κ3) is 3.64. The Bertz CT molecular complexity index is 240. The fourth-order valence-corrected chi connectivity index (χ4v) is 1.86. The Balaban J connectivity index is 2.58. The zero-order valence-corrected chi connectivity index (χ0v) is 10.4. The summed E-state index contributed by atoms with van der Waals surface area (Å²) in [6, 6.07) is -0.415. The van der Waals surface area contributed by atoms with Crippen molar-refractivity contribution >= 4 is 5.91 Å². The van der Waals surface area contributed by atoms with Gasteiger partial charge in [0, 0.05) is 20.8 Å². The van der Waals surface area contributed by atoms with Crippen LogP contribution in [0.4, 0.5) is 0 Å². The molecule has 0 bridgehead atoms. The standard InChI is InChI=1S/C11H21NO5/c1-15-7-9(6-13)12-10(14)11(16-2)4-3-5-17-8-11/h9,13H,3-8H2,1-2H3,(H,12,14). The summed E-state index contributed by atoms with van der Waals surface area (Å²) >= 11 is 0. The number of rotatable bonds is 6. The molecule has 6 nitrogen and oxygen atoms in total. The molecule has 0 aromatic carbocycles. The maximum atomic E-state index is 12.1. The minimum absolute atomic E-state index is 0.166. The van der Waals surface area contributed by atoms with E-state index >= 15 is 0 Å². The SMILES string of the molecule is COCC(CO)NC(=O)C1(OC)CCCOC1. The first-order valence-corrected chi connectivity index (χ1v) is 5.72. The summed E-state index contributed by atoms with van der Waals surface area (Å²) in [5.74, 6) is -0.254. The molecule has 1 aliphatic rings. The van der Waals surface area contributed by atoms with Crippen molar-refractivity contribution in [3.63, 3.8) is 0 Å². The highest BCUT2D eigenvalue weighted by molar-refractivity contribution is 5.85. The molecule has 0 aliphatic carbocycles. The molecule has 100 valence electrons. The summed E-state index contributed by atoms with van der Waals surface area (Å²) in [6.45, 7) is 1.00. The molecule has 0 aromatic heterocycles. The summed E-state index contributed by atoms with van der Waals surface area (Å²) in [5, 5.41) is 11.8. The predicted octanol–water partition coefficient (Wildman–Crippen LogP) is -0.694. The van der Waals surface area contributed by atoms with Gasteiger partial charge in [-0.15, -0.1) is 0 Å². The average Bonchev–Trinajstić information content (AvgIpc) is 2.38. The summed E-state index contributed by atoms with van der Waals surface area (Å²) < 4.78 is 15.5. The number of aliphatic hydroxyl groups is 1. The van der Waals surface area contributed by atoms with E-state index in [2.05, 4.69) is 5.32 Å². The van der Waals surface area contributed by atoms with Crippen molar-refractivity contribution in [1.82, 2.24) is 5.32 Å². The molecule has 0 spiro atoms. The molecule has 2 atom stereocenters. The second-order valence-corrected chi connectivity index (χ2v) is 4.16. The van der Waals surface area contributed by atoms with Crippen LogP contribution in [0.3, 0.4) is 0 Å². The van der Waals surface area contributed by atoms with E-state index in [0.29, 0.717) is 13.0 Å². The average molecular weight is 247 g/mol. The van der Waals surface area contributed by atoms with Crippen LogP contribution in [0, 0.1) is 0 Å². The lowest BCUT2D eigenvalue weighted by Gasteiger charge is -2.35. The van der Waals surface area contributed by atoms with Crippen LogP contribution in [-0.2, 0) is 19.0 Å². The Kier molecular flexibility index (Phi) is 5.84. The van der Waals surface area contributed by atoms with Gasteiger partial charge in [-0.05, 0) is 12.8 Å². The molecular weight excluding hydrogens is 226 g/mol. The molecule has 1 saturated heterocycles. The van der Waals surface area contributed by atoms with Gasteiger partial charge in [0.15, 0.2) is 5.60 Å². The molecule has 1 aliphatic heterocycles.